The number of nitrogens with one attached hydrogen (secondary N) is 2. The molecule has 0 atom stereocenters. The number of ether oxygens (including phenoxy) is 1. The Labute approximate surface area is 141 Å². The molecule has 1 aromatic rings. The number of allylic oxidation sites excluding steroid dienone is 1. The molecule has 0 radical (unpaired) electrons. The van der Waals surface area contributed by atoms with Crippen molar-refractivity contribution in [2.75, 3.05) is 39.8 Å². The lowest BCUT2D eigenvalue weighted by Crippen LogP contribution is -2.61. The maximum absolute atomic E-state index is 12.7. The number of rotatable bonds is 0. The van der Waals surface area contributed by atoms with Crippen molar-refractivity contribution in [1.82, 2.24) is 15.5 Å². The molecule has 1 fully saturated rings. The number of benzene rings is 1. The van der Waals surface area contributed by atoms with Gasteiger partial charge in [0.1, 0.15) is 12.4 Å². The molecular weight excluding hydrogens is 306 g/mol. The van der Waals surface area contributed by atoms with Crippen molar-refractivity contribution in [2.24, 2.45) is 5.41 Å². The Morgan fingerprint density at radius 3 is 2.71 bits per heavy atom. The molecule has 3 rings (SSSR count). The van der Waals surface area contributed by atoms with E-state index >= 15 is 0 Å². The van der Waals surface area contributed by atoms with Crippen LogP contribution in [0, 0.1) is 5.41 Å². The van der Waals surface area contributed by atoms with Gasteiger partial charge in [0.15, 0.2) is 0 Å². The summed E-state index contributed by atoms with van der Waals surface area (Å²) in [5, 5.41) is 6.06. The van der Waals surface area contributed by atoms with Crippen LogP contribution in [0.3, 0.4) is 0 Å². The highest BCUT2D eigenvalue weighted by Crippen LogP contribution is 2.30. The van der Waals surface area contributed by atoms with Gasteiger partial charge < -0.3 is 20.3 Å². The predicted molar refractivity (Wildman–Crippen MR) is 91.0 cm³/mol. The number of amides is 2. The molecule has 0 saturated carbocycles. The first-order chi connectivity index (χ1) is 11.6. The molecule has 6 nitrogen and oxygen atoms in total. The first-order valence-corrected chi connectivity index (χ1v) is 8.24. The van der Waals surface area contributed by atoms with Gasteiger partial charge in [0.2, 0.25) is 5.91 Å². The number of nitrogens with zero attached hydrogens (tertiary/aromatic N) is 1. The number of carbonyl (C=O) groups excluding carboxylic acids is 2. The molecule has 128 valence electrons. The Bertz CT molecular complexity index is 653. The molecule has 2 aliphatic rings. The predicted octanol–water partition coefficient (Wildman–Crippen LogP) is 0.803. The monoisotopic (exact) mass is 329 g/mol. The molecule has 0 aromatic heterocycles. The van der Waals surface area contributed by atoms with Gasteiger partial charge in [-0.15, -0.1) is 0 Å². The summed E-state index contributed by atoms with van der Waals surface area (Å²) in [6, 6.07) is 7.19. The van der Waals surface area contributed by atoms with E-state index < -0.39 is 0 Å². The van der Waals surface area contributed by atoms with Crippen LogP contribution in [0.1, 0.15) is 16.8 Å². The van der Waals surface area contributed by atoms with Crippen LogP contribution in [0.5, 0.6) is 5.75 Å². The number of hydrogen-bond donors (Lipinski definition) is 2. The Morgan fingerprint density at radius 2 is 1.96 bits per heavy atom. The number of fused-ring (bicyclic) bond motifs is 1. The van der Waals surface area contributed by atoms with Crippen LogP contribution in [0.25, 0.3) is 0 Å². The average molecular weight is 329 g/mol. The van der Waals surface area contributed by atoms with E-state index in [2.05, 4.69) is 10.6 Å². The summed E-state index contributed by atoms with van der Waals surface area (Å²) in [6.07, 6.45) is 4.61. The molecule has 2 aliphatic heterocycles. The van der Waals surface area contributed by atoms with E-state index in [1.807, 2.05) is 24.3 Å². The van der Waals surface area contributed by atoms with Crippen LogP contribution in [-0.4, -0.2) is 56.5 Å². The first kappa shape index (κ1) is 16.5. The van der Waals surface area contributed by atoms with Crippen molar-refractivity contribution < 1.29 is 14.3 Å². The van der Waals surface area contributed by atoms with Gasteiger partial charge >= 0.3 is 0 Å². The zero-order chi connectivity index (χ0) is 17.0. The highest BCUT2D eigenvalue weighted by atomic mass is 16.5. The molecule has 2 amide bonds. The topological polar surface area (TPSA) is 70.7 Å². The van der Waals surface area contributed by atoms with Crippen molar-refractivity contribution in [1.29, 1.82) is 0 Å². The van der Waals surface area contributed by atoms with Crippen molar-refractivity contribution in [3.8, 4) is 5.75 Å². The highest BCUT2D eigenvalue weighted by Gasteiger charge is 2.44. The fourth-order valence-corrected chi connectivity index (χ4v) is 3.04. The molecule has 2 N–H and O–H groups in total. The van der Waals surface area contributed by atoms with Gasteiger partial charge in [-0.25, -0.2) is 0 Å². The van der Waals surface area contributed by atoms with Crippen molar-refractivity contribution in [3.63, 3.8) is 0 Å². The number of hydrogen-bond acceptors (Lipinski definition) is 4. The summed E-state index contributed by atoms with van der Waals surface area (Å²) in [7, 11) is 1.79. The minimum atomic E-state index is -0.364. The third kappa shape index (κ3) is 3.28. The van der Waals surface area contributed by atoms with Crippen LogP contribution in [0.4, 0.5) is 0 Å². The molecule has 6 heteroatoms. The minimum absolute atomic E-state index is 0.124. The summed E-state index contributed by atoms with van der Waals surface area (Å²) in [5.74, 6) is 0.507. The lowest BCUT2D eigenvalue weighted by molar-refractivity contribution is -0.143. The second kappa shape index (κ2) is 7.05. The number of carbonyl (C=O) groups is 2. The van der Waals surface area contributed by atoms with Gasteiger partial charge in [0.05, 0.1) is 11.0 Å². The zero-order valence-electron chi connectivity index (χ0n) is 13.9. The fraction of sp³-hybridized carbons (Fsp3) is 0.444. The number of para-hydroxylation sites is 1. The van der Waals surface area contributed by atoms with Crippen molar-refractivity contribution >= 4 is 11.8 Å². The summed E-state index contributed by atoms with van der Waals surface area (Å²) in [5.41, 5.74) is 0.147. The van der Waals surface area contributed by atoms with E-state index in [-0.39, 0.29) is 17.2 Å². The van der Waals surface area contributed by atoms with E-state index in [4.69, 9.17) is 4.74 Å². The van der Waals surface area contributed by atoms with Crippen molar-refractivity contribution in [2.45, 2.75) is 6.42 Å². The van der Waals surface area contributed by atoms with Crippen LogP contribution in [0.15, 0.2) is 36.4 Å². The van der Waals surface area contributed by atoms with E-state index in [0.29, 0.717) is 50.5 Å². The van der Waals surface area contributed by atoms with Gasteiger partial charge in [-0.2, -0.15) is 0 Å². The molecule has 2 heterocycles. The van der Waals surface area contributed by atoms with E-state index in [0.717, 1.165) is 0 Å². The second-order valence-electron chi connectivity index (χ2n) is 6.35. The van der Waals surface area contributed by atoms with Gasteiger partial charge in [-0.1, -0.05) is 24.3 Å². The Kier molecular flexibility index (Phi) is 4.85. The lowest BCUT2D eigenvalue weighted by atomic mass is 9.77. The molecule has 0 unspecified atom stereocenters. The zero-order valence-corrected chi connectivity index (χ0v) is 13.9. The maximum Gasteiger partial charge on any atom is 0.255 e. The van der Waals surface area contributed by atoms with Crippen LogP contribution in [0.2, 0.25) is 0 Å². The third-order valence-electron chi connectivity index (χ3n) is 4.60. The van der Waals surface area contributed by atoms with E-state index in [9.17, 15) is 9.59 Å². The molecule has 1 spiro atoms. The quantitative estimate of drug-likeness (QED) is 0.691. The van der Waals surface area contributed by atoms with Gasteiger partial charge in [0.25, 0.3) is 5.91 Å². The highest BCUT2D eigenvalue weighted by molar-refractivity contribution is 5.97. The summed E-state index contributed by atoms with van der Waals surface area (Å²) in [6.45, 7) is 2.65. The van der Waals surface area contributed by atoms with Crippen LogP contribution in [-0.2, 0) is 4.79 Å². The van der Waals surface area contributed by atoms with E-state index in [1.165, 1.54) is 0 Å². The summed E-state index contributed by atoms with van der Waals surface area (Å²) >= 11 is 0. The van der Waals surface area contributed by atoms with Crippen LogP contribution >= 0.6 is 0 Å². The third-order valence-corrected chi connectivity index (χ3v) is 4.60. The normalized spacial score (nSPS) is 22.6. The second-order valence-corrected chi connectivity index (χ2v) is 6.35. The van der Waals surface area contributed by atoms with Crippen LogP contribution < -0.4 is 15.4 Å². The Hall–Kier alpha value is -2.34. The molecule has 0 aliphatic carbocycles. The molecule has 0 bridgehead atoms. The standard InChI is InChI=1S/C18H23N3O3/c1-21-10-9-20-16(22)14-6-2-3-7-15(14)24-11-5-4-8-18(17(21)23)12-19-13-18/h2-7,19H,8-13H2,1H3,(H,20,22)/b5-4-. The molecule has 1 saturated heterocycles. The largest absolute Gasteiger partial charge is 0.489 e. The summed E-state index contributed by atoms with van der Waals surface area (Å²) in [4.78, 5) is 26.8. The summed E-state index contributed by atoms with van der Waals surface area (Å²) < 4.78 is 5.71. The molecule has 1 aromatic carbocycles. The van der Waals surface area contributed by atoms with Gasteiger partial charge in [-0.05, 0) is 18.6 Å². The first-order valence-electron chi connectivity index (χ1n) is 8.24. The maximum atomic E-state index is 12.7. The van der Waals surface area contributed by atoms with Crippen molar-refractivity contribution in [3.05, 3.63) is 42.0 Å². The fourth-order valence-electron chi connectivity index (χ4n) is 3.04. The molecular formula is C18H23N3O3. The number of likely N-dealkylation sites (N-methyl/N-ethyl adjacent to an activating group) is 1. The van der Waals surface area contributed by atoms with Gasteiger partial charge in [-0.3, -0.25) is 9.59 Å². The average Bonchev–Trinajstić information content (AvgIpc) is 2.55. The van der Waals surface area contributed by atoms with Gasteiger partial charge in [0, 0.05) is 33.2 Å². The minimum Gasteiger partial charge on any atom is -0.489 e. The Balaban J connectivity index is 1.79. The molecule has 24 heavy (non-hydrogen) atoms. The van der Waals surface area contributed by atoms with E-state index in [1.54, 1.807) is 24.1 Å². The SMILES string of the molecule is CN1CCNC(=O)c2ccccc2OC/C=C\CC2(CNC2)C1=O. The smallest absolute Gasteiger partial charge is 0.255 e. The Morgan fingerprint density at radius 1 is 1.17 bits per heavy atom. The lowest BCUT2D eigenvalue weighted by Gasteiger charge is -2.43.